The van der Waals surface area contributed by atoms with Crippen LogP contribution in [0.2, 0.25) is 10.0 Å². The molecule has 1 fully saturated rings. The number of aliphatic hydroxyl groups is 1. The van der Waals surface area contributed by atoms with Crippen molar-refractivity contribution >= 4 is 85.6 Å². The first-order valence-corrected chi connectivity index (χ1v) is 12.1. The van der Waals surface area contributed by atoms with Crippen molar-refractivity contribution in [1.82, 2.24) is 14.9 Å². The summed E-state index contributed by atoms with van der Waals surface area (Å²) in [6.45, 7) is 0.701. The number of thioether (sulfide) groups is 1. The topological polar surface area (TPSA) is 84.2 Å². The second-order valence-corrected chi connectivity index (χ2v) is 9.77. The molecule has 0 bridgehead atoms. The second-order valence-electron chi connectivity index (χ2n) is 7.91. The summed E-state index contributed by atoms with van der Waals surface area (Å²) in [6.07, 6.45) is 2.58. The fourth-order valence-corrected chi connectivity index (χ4v) is 5.13. The first-order chi connectivity index (χ1) is 15.4. The molecule has 0 spiro atoms. The lowest BCUT2D eigenvalue weighted by Crippen LogP contribution is -2.46. The molecule has 1 aliphatic heterocycles. The largest absolute Gasteiger partial charge is 0.391 e. The first kappa shape index (κ1) is 29.3. The van der Waals surface area contributed by atoms with Gasteiger partial charge in [0.05, 0.1) is 34.9 Å². The van der Waals surface area contributed by atoms with Crippen LogP contribution in [0.3, 0.4) is 0 Å². The Morgan fingerprint density at radius 3 is 2.65 bits per heavy atom. The predicted molar refractivity (Wildman–Crippen MR) is 149 cm³/mol. The maximum Gasteiger partial charge on any atom is 0.261 e. The molecular formula is C23H25Br2Cl2N3O3S. The molecule has 1 aliphatic rings. The van der Waals surface area contributed by atoms with E-state index in [0.717, 1.165) is 23.4 Å². The number of benzene rings is 2. The van der Waals surface area contributed by atoms with Crippen molar-refractivity contribution in [2.75, 3.05) is 6.54 Å². The Bertz CT molecular complexity index is 1190. The number of carbonyl (C=O) groups is 1. The SMILES string of the molecule is Br.Br.O=C(C[C@@H]1NCCC[C@H]1O)Cn1cnc2cc(Cl)c(SCc3ccc(Cl)cc3)cc2c1=O. The Morgan fingerprint density at radius 2 is 1.94 bits per heavy atom. The van der Waals surface area contributed by atoms with E-state index in [9.17, 15) is 14.7 Å². The van der Waals surface area contributed by atoms with Crippen molar-refractivity contribution in [3.05, 3.63) is 68.7 Å². The molecule has 0 radical (unpaired) electrons. The van der Waals surface area contributed by atoms with Crippen LogP contribution in [0.25, 0.3) is 10.9 Å². The second kappa shape index (κ2) is 13.4. The summed E-state index contributed by atoms with van der Waals surface area (Å²) in [5, 5.41) is 14.9. The van der Waals surface area contributed by atoms with Crippen LogP contribution < -0.4 is 10.9 Å². The third-order valence-corrected chi connectivity index (χ3v) is 7.33. The molecule has 6 nitrogen and oxygen atoms in total. The fraction of sp³-hybridized carbons (Fsp3) is 0.348. The molecule has 3 aromatic rings. The number of aliphatic hydroxyl groups excluding tert-OH is 1. The Balaban J connectivity index is 0.00000204. The molecule has 0 aliphatic carbocycles. The van der Waals surface area contributed by atoms with Gasteiger partial charge in [0.1, 0.15) is 0 Å². The molecule has 0 amide bonds. The summed E-state index contributed by atoms with van der Waals surface area (Å²) in [4.78, 5) is 30.7. The maximum absolute atomic E-state index is 13.0. The van der Waals surface area contributed by atoms with Crippen molar-refractivity contribution in [3.8, 4) is 0 Å². The van der Waals surface area contributed by atoms with Crippen molar-refractivity contribution in [2.45, 2.75) is 48.6 Å². The number of nitrogens with one attached hydrogen (secondary N) is 1. The smallest absolute Gasteiger partial charge is 0.261 e. The van der Waals surface area contributed by atoms with Gasteiger partial charge in [0.25, 0.3) is 5.56 Å². The summed E-state index contributed by atoms with van der Waals surface area (Å²) >= 11 is 13.9. The van der Waals surface area contributed by atoms with Crippen LogP contribution in [0.15, 0.2) is 52.4 Å². The van der Waals surface area contributed by atoms with E-state index in [1.165, 1.54) is 22.7 Å². The van der Waals surface area contributed by atoms with Crippen molar-refractivity contribution in [3.63, 3.8) is 0 Å². The lowest BCUT2D eigenvalue weighted by Gasteiger charge is -2.28. The minimum Gasteiger partial charge on any atom is -0.391 e. The predicted octanol–water partition coefficient (Wildman–Crippen LogP) is 5.22. The third-order valence-electron chi connectivity index (χ3n) is 5.53. The number of carbonyl (C=O) groups excluding carboxylic acids is 1. The summed E-state index contributed by atoms with van der Waals surface area (Å²) in [6, 6.07) is 10.7. The normalized spacial score (nSPS) is 17.6. The molecule has 0 saturated carbocycles. The van der Waals surface area contributed by atoms with Crippen LogP contribution in [0, 0.1) is 0 Å². The summed E-state index contributed by atoms with van der Waals surface area (Å²) in [7, 11) is 0. The van der Waals surface area contributed by atoms with Crippen molar-refractivity contribution in [2.24, 2.45) is 0 Å². The van der Waals surface area contributed by atoms with E-state index in [2.05, 4.69) is 10.3 Å². The van der Waals surface area contributed by atoms with Gasteiger partial charge in [-0.25, -0.2) is 4.98 Å². The molecule has 2 atom stereocenters. The lowest BCUT2D eigenvalue weighted by molar-refractivity contribution is -0.121. The van der Waals surface area contributed by atoms with Crippen LogP contribution in [-0.2, 0) is 17.1 Å². The number of fused-ring (bicyclic) bond motifs is 1. The van der Waals surface area contributed by atoms with Gasteiger partial charge in [0, 0.05) is 28.1 Å². The maximum atomic E-state index is 13.0. The van der Waals surface area contributed by atoms with Gasteiger partial charge in [0.2, 0.25) is 0 Å². The molecule has 1 aromatic heterocycles. The van der Waals surface area contributed by atoms with E-state index in [-0.39, 0.29) is 64.3 Å². The van der Waals surface area contributed by atoms with Crippen LogP contribution in [0.5, 0.6) is 0 Å². The average Bonchev–Trinajstić information content (AvgIpc) is 2.77. The van der Waals surface area contributed by atoms with Gasteiger partial charge in [-0.2, -0.15) is 0 Å². The highest BCUT2D eigenvalue weighted by Crippen LogP contribution is 2.32. The number of aromatic nitrogens is 2. The van der Waals surface area contributed by atoms with Gasteiger partial charge in [-0.1, -0.05) is 35.3 Å². The third kappa shape index (κ3) is 7.29. The van der Waals surface area contributed by atoms with Crippen molar-refractivity contribution < 1.29 is 9.90 Å². The number of halogens is 4. The molecule has 2 aromatic carbocycles. The Labute approximate surface area is 233 Å². The van der Waals surface area contributed by atoms with Crippen LogP contribution in [-0.4, -0.2) is 39.1 Å². The molecule has 2 heterocycles. The lowest BCUT2D eigenvalue weighted by atomic mass is 9.97. The van der Waals surface area contributed by atoms with E-state index in [1.54, 1.807) is 12.1 Å². The number of piperidine rings is 1. The van der Waals surface area contributed by atoms with E-state index in [4.69, 9.17) is 23.2 Å². The van der Waals surface area contributed by atoms with E-state index in [0.29, 0.717) is 33.1 Å². The minimum absolute atomic E-state index is 0. The monoisotopic (exact) mass is 651 g/mol. The Morgan fingerprint density at radius 1 is 1.21 bits per heavy atom. The van der Waals surface area contributed by atoms with Crippen LogP contribution >= 0.6 is 68.9 Å². The highest BCUT2D eigenvalue weighted by Gasteiger charge is 2.25. The van der Waals surface area contributed by atoms with Crippen LogP contribution in [0.4, 0.5) is 0 Å². The summed E-state index contributed by atoms with van der Waals surface area (Å²) in [5.41, 5.74) is 1.29. The number of nitrogens with zero attached hydrogens (tertiary/aromatic N) is 2. The molecule has 2 N–H and O–H groups in total. The van der Waals surface area contributed by atoms with Crippen molar-refractivity contribution in [1.29, 1.82) is 0 Å². The number of hydrogen-bond donors (Lipinski definition) is 2. The highest BCUT2D eigenvalue weighted by molar-refractivity contribution is 8.93. The number of rotatable bonds is 7. The number of ketones is 1. The molecule has 1 saturated heterocycles. The zero-order valence-corrected chi connectivity index (χ0v) is 23.8. The summed E-state index contributed by atoms with van der Waals surface area (Å²) in [5.74, 6) is 0.546. The van der Waals surface area contributed by atoms with Gasteiger partial charge >= 0.3 is 0 Å². The van der Waals surface area contributed by atoms with Gasteiger partial charge in [-0.05, 0) is 49.2 Å². The molecular weight excluding hydrogens is 629 g/mol. The fourth-order valence-electron chi connectivity index (χ4n) is 3.77. The quantitative estimate of drug-likeness (QED) is 0.340. The number of hydrogen-bond acceptors (Lipinski definition) is 6. The van der Waals surface area contributed by atoms with Gasteiger partial charge in [-0.3, -0.25) is 14.2 Å². The van der Waals surface area contributed by atoms with E-state index >= 15 is 0 Å². The Kier molecular flexibility index (Phi) is 11.5. The minimum atomic E-state index is -0.540. The zero-order chi connectivity index (χ0) is 22.7. The summed E-state index contributed by atoms with van der Waals surface area (Å²) < 4.78 is 1.32. The molecule has 34 heavy (non-hydrogen) atoms. The molecule has 11 heteroatoms. The highest BCUT2D eigenvalue weighted by atomic mass is 79.9. The van der Waals surface area contributed by atoms with Gasteiger partial charge in [-0.15, -0.1) is 45.7 Å². The zero-order valence-electron chi connectivity index (χ0n) is 18.1. The van der Waals surface area contributed by atoms with E-state index in [1.807, 2.05) is 24.3 Å². The molecule has 184 valence electrons. The molecule has 4 rings (SSSR count). The standard InChI is InChI=1S/C23H23Cl2N3O3S.2BrH/c24-15-5-3-14(4-6-15)12-32-22-9-17-19(10-18(22)25)27-13-28(23(17)31)11-16(29)8-20-21(30)2-1-7-26-20;;/h3-6,9-10,13,20-21,26,30H,1-2,7-8,11-12H2;2*1H/t20-,21+;;/m0../s1. The van der Waals surface area contributed by atoms with E-state index < -0.39 is 6.10 Å². The first-order valence-electron chi connectivity index (χ1n) is 10.4. The van der Waals surface area contributed by atoms with Gasteiger partial charge < -0.3 is 10.4 Å². The average molecular weight is 654 g/mol. The Hall–Kier alpha value is -0.940. The number of Topliss-reactive ketones (excluding diaryl/α,β-unsaturated/α-hetero) is 1. The van der Waals surface area contributed by atoms with Crippen LogP contribution in [0.1, 0.15) is 24.8 Å². The van der Waals surface area contributed by atoms with Gasteiger partial charge in [0.15, 0.2) is 5.78 Å². The molecule has 0 unspecified atom stereocenters.